The van der Waals surface area contributed by atoms with Gasteiger partial charge >= 0.3 is 0 Å². The third kappa shape index (κ3) is 3.59. The minimum atomic E-state index is -0.819. The van der Waals surface area contributed by atoms with Gasteiger partial charge in [0.15, 0.2) is 0 Å². The number of benzene rings is 2. The molecule has 1 aliphatic heterocycles. The quantitative estimate of drug-likeness (QED) is 0.677. The van der Waals surface area contributed by atoms with E-state index in [2.05, 4.69) is 10.7 Å². The molecule has 4 rings (SSSR count). The molecule has 1 unspecified atom stereocenters. The van der Waals surface area contributed by atoms with Crippen LogP contribution in [0.15, 0.2) is 66.0 Å². The number of nitrogens with one attached hydrogen (secondary N) is 2. The Kier molecular flexibility index (Phi) is 5.37. The Bertz CT molecular complexity index is 1110. The molecule has 0 radical (unpaired) electrons. The van der Waals surface area contributed by atoms with Crippen molar-refractivity contribution < 1.29 is 14.4 Å². The van der Waals surface area contributed by atoms with E-state index >= 15 is 0 Å². The van der Waals surface area contributed by atoms with Crippen molar-refractivity contribution in [2.75, 3.05) is 5.01 Å². The summed E-state index contributed by atoms with van der Waals surface area (Å²) < 4.78 is 0. The lowest BCUT2D eigenvalue weighted by Crippen LogP contribution is -2.54. The summed E-state index contributed by atoms with van der Waals surface area (Å²) in [6.07, 6.45) is 0. The molecule has 0 saturated carbocycles. The van der Waals surface area contributed by atoms with Gasteiger partial charge in [0.25, 0.3) is 17.7 Å². The van der Waals surface area contributed by atoms with E-state index in [0.717, 1.165) is 16.7 Å². The highest BCUT2D eigenvalue weighted by Crippen LogP contribution is 2.39. The summed E-state index contributed by atoms with van der Waals surface area (Å²) in [5.74, 6) is -1.47. The molecule has 3 amide bonds. The van der Waals surface area contributed by atoms with Crippen LogP contribution in [0.2, 0.25) is 0 Å². The second-order valence-electron chi connectivity index (χ2n) is 7.15. The Hall–Kier alpha value is -3.45. The Labute approximate surface area is 178 Å². The molecular formula is C23H21N3O3S. The smallest absolute Gasteiger partial charge is 0.261 e. The third-order valence-electron chi connectivity index (χ3n) is 5.16. The van der Waals surface area contributed by atoms with Crippen LogP contribution in [-0.2, 0) is 9.59 Å². The maximum atomic E-state index is 13.3. The number of para-hydroxylation sites is 1. The molecule has 30 heavy (non-hydrogen) atoms. The predicted octanol–water partition coefficient (Wildman–Crippen LogP) is 3.71. The fraction of sp³-hybridized carbons (Fsp3) is 0.174. The maximum Gasteiger partial charge on any atom is 0.261 e. The molecule has 0 bridgehead atoms. The van der Waals surface area contributed by atoms with Crippen LogP contribution >= 0.6 is 11.3 Å². The maximum absolute atomic E-state index is 13.3. The molecule has 7 heteroatoms. The van der Waals surface area contributed by atoms with Gasteiger partial charge in [0, 0.05) is 5.56 Å². The van der Waals surface area contributed by atoms with Gasteiger partial charge in [-0.2, -0.15) is 0 Å². The monoisotopic (exact) mass is 419 g/mol. The number of nitrogens with zero attached hydrogens (tertiary/aromatic N) is 1. The first-order valence-corrected chi connectivity index (χ1v) is 10.5. The normalized spacial score (nSPS) is 16.1. The lowest BCUT2D eigenvalue weighted by atomic mass is 9.92. The SMILES string of the molecule is CC1C(=O)N(NC(=O)[C@H](C)NC(=O)c2cccs2)c2ccccc2-c2ccccc21. The Morgan fingerprint density at radius 3 is 2.43 bits per heavy atom. The average Bonchev–Trinajstić information content (AvgIpc) is 3.29. The summed E-state index contributed by atoms with van der Waals surface area (Å²) in [6.45, 7) is 3.42. The van der Waals surface area contributed by atoms with E-state index in [1.54, 1.807) is 30.5 Å². The van der Waals surface area contributed by atoms with Crippen LogP contribution in [0.3, 0.4) is 0 Å². The summed E-state index contributed by atoms with van der Waals surface area (Å²) in [4.78, 5) is 38.9. The van der Waals surface area contributed by atoms with Crippen LogP contribution in [0, 0.1) is 0 Å². The van der Waals surface area contributed by atoms with E-state index in [4.69, 9.17) is 0 Å². The Morgan fingerprint density at radius 1 is 1.00 bits per heavy atom. The van der Waals surface area contributed by atoms with Gasteiger partial charge < -0.3 is 5.32 Å². The van der Waals surface area contributed by atoms with Gasteiger partial charge in [-0.05, 0) is 42.5 Å². The lowest BCUT2D eigenvalue weighted by molar-refractivity contribution is -0.127. The fourth-order valence-electron chi connectivity index (χ4n) is 3.53. The molecule has 0 aliphatic carbocycles. The van der Waals surface area contributed by atoms with E-state index in [9.17, 15) is 14.4 Å². The molecule has 2 aromatic carbocycles. The number of amides is 3. The highest BCUT2D eigenvalue weighted by molar-refractivity contribution is 7.12. The molecule has 6 nitrogen and oxygen atoms in total. The van der Waals surface area contributed by atoms with Crippen molar-refractivity contribution in [3.05, 3.63) is 76.5 Å². The topological polar surface area (TPSA) is 78.5 Å². The number of hydrazine groups is 1. The van der Waals surface area contributed by atoms with Gasteiger partial charge in [-0.3, -0.25) is 19.8 Å². The number of carbonyl (C=O) groups is 3. The molecule has 3 aromatic rings. The van der Waals surface area contributed by atoms with Crippen molar-refractivity contribution in [3.8, 4) is 11.1 Å². The molecule has 0 fully saturated rings. The van der Waals surface area contributed by atoms with Crippen LogP contribution in [0.4, 0.5) is 5.69 Å². The van der Waals surface area contributed by atoms with Crippen LogP contribution in [0.5, 0.6) is 0 Å². The van der Waals surface area contributed by atoms with Crippen LogP contribution < -0.4 is 15.8 Å². The first-order valence-electron chi connectivity index (χ1n) is 9.64. The molecule has 2 N–H and O–H groups in total. The summed E-state index contributed by atoms with van der Waals surface area (Å²) in [7, 11) is 0. The summed E-state index contributed by atoms with van der Waals surface area (Å²) in [5, 5.41) is 5.77. The number of thiophene rings is 1. The fourth-order valence-corrected chi connectivity index (χ4v) is 4.15. The molecular weight excluding hydrogens is 398 g/mol. The molecule has 1 aliphatic rings. The molecule has 0 saturated heterocycles. The standard InChI is InChI=1S/C23H21N3O3S/c1-14-16-8-3-4-9-17(16)18-10-5-6-11-19(18)26(23(14)29)25-21(27)15(2)24-22(28)20-12-7-13-30-20/h3-15H,1-2H3,(H,24,28)(H,25,27)/t14?,15-/m0/s1. The number of fused-ring (bicyclic) bond motifs is 3. The number of carbonyl (C=O) groups excluding carboxylic acids is 3. The number of hydrogen-bond donors (Lipinski definition) is 2. The molecule has 0 spiro atoms. The van der Waals surface area contributed by atoms with Crippen molar-refractivity contribution in [2.24, 2.45) is 0 Å². The highest BCUT2D eigenvalue weighted by Gasteiger charge is 2.33. The second kappa shape index (κ2) is 8.12. The van der Waals surface area contributed by atoms with Crippen molar-refractivity contribution >= 4 is 34.7 Å². The van der Waals surface area contributed by atoms with Crippen molar-refractivity contribution in [1.29, 1.82) is 0 Å². The van der Waals surface area contributed by atoms with Crippen LogP contribution in [0.25, 0.3) is 11.1 Å². The van der Waals surface area contributed by atoms with Crippen LogP contribution in [-0.4, -0.2) is 23.8 Å². The van der Waals surface area contributed by atoms with Crippen molar-refractivity contribution in [3.63, 3.8) is 0 Å². The van der Waals surface area contributed by atoms with E-state index in [0.29, 0.717) is 10.6 Å². The molecule has 2 heterocycles. The van der Waals surface area contributed by atoms with E-state index in [1.807, 2.05) is 49.4 Å². The minimum absolute atomic E-state index is 0.238. The zero-order chi connectivity index (χ0) is 21.3. The first kappa shape index (κ1) is 19.8. The van der Waals surface area contributed by atoms with E-state index in [1.165, 1.54) is 16.3 Å². The number of anilines is 1. The summed E-state index contributed by atoms with van der Waals surface area (Å²) >= 11 is 1.30. The largest absolute Gasteiger partial charge is 0.340 e. The van der Waals surface area contributed by atoms with Gasteiger partial charge in [0.1, 0.15) is 6.04 Å². The van der Waals surface area contributed by atoms with Gasteiger partial charge in [-0.15, -0.1) is 11.3 Å². The third-order valence-corrected chi connectivity index (χ3v) is 6.03. The average molecular weight is 420 g/mol. The van der Waals surface area contributed by atoms with E-state index in [-0.39, 0.29) is 11.8 Å². The van der Waals surface area contributed by atoms with Gasteiger partial charge in [-0.1, -0.05) is 48.5 Å². The van der Waals surface area contributed by atoms with E-state index < -0.39 is 17.9 Å². The van der Waals surface area contributed by atoms with Crippen molar-refractivity contribution in [2.45, 2.75) is 25.8 Å². The Balaban J connectivity index is 1.61. The highest BCUT2D eigenvalue weighted by atomic mass is 32.1. The Morgan fingerprint density at radius 2 is 1.70 bits per heavy atom. The second-order valence-corrected chi connectivity index (χ2v) is 8.10. The zero-order valence-electron chi connectivity index (χ0n) is 16.6. The van der Waals surface area contributed by atoms with Gasteiger partial charge in [-0.25, -0.2) is 5.01 Å². The molecule has 2 atom stereocenters. The number of rotatable bonds is 4. The minimum Gasteiger partial charge on any atom is -0.340 e. The van der Waals surface area contributed by atoms with Crippen LogP contribution in [0.1, 0.15) is 35.0 Å². The van der Waals surface area contributed by atoms with Crippen molar-refractivity contribution in [1.82, 2.24) is 10.7 Å². The zero-order valence-corrected chi connectivity index (χ0v) is 17.4. The molecule has 152 valence electrons. The predicted molar refractivity (Wildman–Crippen MR) is 117 cm³/mol. The van der Waals surface area contributed by atoms with Gasteiger partial charge in [0.05, 0.1) is 16.5 Å². The number of hydrogen-bond acceptors (Lipinski definition) is 4. The van der Waals surface area contributed by atoms with Gasteiger partial charge in [0.2, 0.25) is 0 Å². The lowest BCUT2D eigenvalue weighted by Gasteiger charge is -2.26. The summed E-state index contributed by atoms with van der Waals surface area (Å²) in [5.41, 5.74) is 6.05. The summed E-state index contributed by atoms with van der Waals surface area (Å²) in [6, 6.07) is 17.9. The first-order chi connectivity index (χ1) is 14.5. The molecule has 1 aromatic heterocycles.